The molecule has 0 unspecified atom stereocenters. The molecule has 1 aliphatic heterocycles. The first-order valence-electron chi connectivity index (χ1n) is 9.71. The number of hydrogen-bond acceptors (Lipinski definition) is 3. The number of carbonyl (C=O) groups excluding carboxylic acids is 1. The lowest BCUT2D eigenvalue weighted by atomic mass is 9.96. The van der Waals surface area contributed by atoms with Gasteiger partial charge in [-0.15, -0.1) is 0 Å². The molecule has 0 aliphatic carbocycles. The van der Waals surface area contributed by atoms with E-state index in [1.165, 1.54) is 5.52 Å². The number of nitrogens with one attached hydrogen (secondary N) is 1. The number of likely N-dealkylation sites (tertiary alicyclic amines) is 1. The first-order valence-corrected chi connectivity index (χ1v) is 9.71. The molecule has 1 aromatic heterocycles. The van der Waals surface area contributed by atoms with Crippen molar-refractivity contribution in [1.82, 2.24) is 19.8 Å². The normalized spacial score (nSPS) is 15.9. The first-order chi connectivity index (χ1) is 13.3. The number of para-hydroxylation sites is 2. The van der Waals surface area contributed by atoms with E-state index in [0.717, 1.165) is 43.6 Å². The highest BCUT2D eigenvalue weighted by molar-refractivity contribution is 5.78. The maximum Gasteiger partial charge on any atom is 0.234 e. The van der Waals surface area contributed by atoms with Crippen molar-refractivity contribution in [2.24, 2.45) is 5.92 Å². The van der Waals surface area contributed by atoms with Crippen molar-refractivity contribution < 1.29 is 4.79 Å². The molecule has 1 saturated heterocycles. The molecule has 0 spiro atoms. The van der Waals surface area contributed by atoms with Crippen LogP contribution in [0.25, 0.3) is 11.0 Å². The summed E-state index contributed by atoms with van der Waals surface area (Å²) in [5.74, 6) is 0.754. The maximum atomic E-state index is 12.2. The summed E-state index contributed by atoms with van der Waals surface area (Å²) in [5.41, 5.74) is 3.40. The highest BCUT2D eigenvalue weighted by Gasteiger charge is 2.21. The number of hydrogen-bond donors (Lipinski definition) is 1. The van der Waals surface area contributed by atoms with E-state index in [9.17, 15) is 4.79 Å². The number of rotatable bonds is 6. The molecule has 1 aliphatic rings. The van der Waals surface area contributed by atoms with E-state index in [4.69, 9.17) is 0 Å². The van der Waals surface area contributed by atoms with Crippen LogP contribution < -0.4 is 5.32 Å². The van der Waals surface area contributed by atoms with Gasteiger partial charge in [-0.05, 0) is 49.5 Å². The fraction of sp³-hybridized carbons (Fsp3) is 0.364. The molecule has 140 valence electrons. The van der Waals surface area contributed by atoms with Gasteiger partial charge in [0.25, 0.3) is 0 Å². The smallest absolute Gasteiger partial charge is 0.234 e. The Hall–Kier alpha value is -2.66. The minimum atomic E-state index is 0.109. The van der Waals surface area contributed by atoms with Gasteiger partial charge in [0.2, 0.25) is 5.91 Å². The van der Waals surface area contributed by atoms with Crippen LogP contribution in [0.15, 0.2) is 60.9 Å². The minimum absolute atomic E-state index is 0.109. The van der Waals surface area contributed by atoms with Crippen LogP contribution >= 0.6 is 0 Å². The molecule has 3 aromatic rings. The third kappa shape index (κ3) is 4.55. The van der Waals surface area contributed by atoms with E-state index >= 15 is 0 Å². The van der Waals surface area contributed by atoms with Crippen molar-refractivity contribution in [3.05, 3.63) is 66.5 Å². The highest BCUT2D eigenvalue weighted by atomic mass is 16.2. The van der Waals surface area contributed by atoms with Crippen LogP contribution in [-0.2, 0) is 17.9 Å². The Labute approximate surface area is 160 Å². The Morgan fingerprint density at radius 2 is 1.78 bits per heavy atom. The number of piperidine rings is 1. The summed E-state index contributed by atoms with van der Waals surface area (Å²) in [6.45, 7) is 4.07. The number of imidazole rings is 1. The van der Waals surface area contributed by atoms with Crippen LogP contribution in [0.4, 0.5) is 0 Å². The second-order valence-electron chi connectivity index (χ2n) is 7.37. The van der Waals surface area contributed by atoms with Crippen molar-refractivity contribution >= 4 is 16.9 Å². The van der Waals surface area contributed by atoms with Crippen LogP contribution in [0.5, 0.6) is 0 Å². The largest absolute Gasteiger partial charge is 0.351 e. The molecule has 1 amide bonds. The van der Waals surface area contributed by atoms with Gasteiger partial charge < -0.3 is 9.88 Å². The Balaban J connectivity index is 1.22. The van der Waals surface area contributed by atoms with E-state index in [2.05, 4.69) is 38.0 Å². The number of benzene rings is 2. The van der Waals surface area contributed by atoms with Crippen LogP contribution in [0.1, 0.15) is 18.4 Å². The molecule has 0 bridgehead atoms. The summed E-state index contributed by atoms with van der Waals surface area (Å²) < 4.78 is 2.27. The Kier molecular flexibility index (Phi) is 5.49. The molecular weight excluding hydrogens is 336 g/mol. The number of carbonyl (C=O) groups is 1. The summed E-state index contributed by atoms with van der Waals surface area (Å²) in [6.07, 6.45) is 4.20. The maximum absolute atomic E-state index is 12.2. The number of nitrogens with zero attached hydrogens (tertiary/aromatic N) is 3. The Morgan fingerprint density at radius 3 is 2.59 bits per heavy atom. The quantitative estimate of drug-likeness (QED) is 0.733. The fourth-order valence-corrected chi connectivity index (χ4v) is 3.82. The van der Waals surface area contributed by atoms with Crippen molar-refractivity contribution in [3.8, 4) is 0 Å². The van der Waals surface area contributed by atoms with Crippen molar-refractivity contribution in [2.75, 3.05) is 19.6 Å². The van der Waals surface area contributed by atoms with E-state index < -0.39 is 0 Å². The molecule has 5 heteroatoms. The minimum Gasteiger partial charge on any atom is -0.351 e. The Bertz CT molecular complexity index is 881. The zero-order valence-electron chi connectivity index (χ0n) is 15.6. The van der Waals surface area contributed by atoms with E-state index in [-0.39, 0.29) is 5.91 Å². The van der Waals surface area contributed by atoms with Crippen LogP contribution in [0.2, 0.25) is 0 Å². The lowest BCUT2D eigenvalue weighted by Crippen LogP contribution is -2.41. The van der Waals surface area contributed by atoms with Crippen molar-refractivity contribution in [1.29, 1.82) is 0 Å². The number of fused-ring (bicyclic) bond motifs is 1. The summed E-state index contributed by atoms with van der Waals surface area (Å²) >= 11 is 0. The number of aromatic nitrogens is 2. The van der Waals surface area contributed by atoms with Crippen molar-refractivity contribution in [2.45, 2.75) is 25.9 Å². The van der Waals surface area contributed by atoms with Gasteiger partial charge in [0.05, 0.1) is 23.9 Å². The molecule has 1 fully saturated rings. The zero-order valence-corrected chi connectivity index (χ0v) is 15.6. The summed E-state index contributed by atoms with van der Waals surface area (Å²) in [6, 6.07) is 18.3. The summed E-state index contributed by atoms with van der Waals surface area (Å²) in [5, 5.41) is 3.02. The van der Waals surface area contributed by atoms with Gasteiger partial charge in [-0.25, -0.2) is 4.98 Å². The van der Waals surface area contributed by atoms with Gasteiger partial charge in [-0.3, -0.25) is 9.69 Å². The third-order valence-corrected chi connectivity index (χ3v) is 5.39. The summed E-state index contributed by atoms with van der Waals surface area (Å²) in [7, 11) is 0. The lowest BCUT2D eigenvalue weighted by molar-refractivity contribution is -0.122. The van der Waals surface area contributed by atoms with Gasteiger partial charge in [0, 0.05) is 13.1 Å². The van der Waals surface area contributed by atoms with Crippen molar-refractivity contribution in [3.63, 3.8) is 0 Å². The molecule has 0 radical (unpaired) electrons. The van der Waals surface area contributed by atoms with E-state index in [0.29, 0.717) is 19.0 Å². The van der Waals surface area contributed by atoms with Gasteiger partial charge in [0.15, 0.2) is 0 Å². The number of amides is 1. The standard InChI is InChI=1S/C22H26N4O/c27-22(23-14-18-6-2-1-3-7-18)16-25-12-10-19(11-13-25)15-26-17-24-20-8-4-5-9-21(20)26/h1-9,17,19H,10-16H2,(H,23,27). The van der Waals surface area contributed by atoms with Crippen LogP contribution in [-0.4, -0.2) is 40.0 Å². The molecule has 0 atom stereocenters. The highest BCUT2D eigenvalue weighted by Crippen LogP contribution is 2.21. The van der Waals surface area contributed by atoms with Gasteiger partial charge in [0.1, 0.15) is 0 Å². The van der Waals surface area contributed by atoms with Gasteiger partial charge in [-0.1, -0.05) is 42.5 Å². The predicted octanol–water partition coefficient (Wildman–Crippen LogP) is 3.06. The molecular formula is C22H26N4O. The zero-order chi connectivity index (χ0) is 18.5. The molecule has 2 heterocycles. The molecule has 2 aromatic carbocycles. The SMILES string of the molecule is O=C(CN1CCC(Cn2cnc3ccccc32)CC1)NCc1ccccc1. The average molecular weight is 362 g/mol. The molecule has 1 N–H and O–H groups in total. The van der Waals surface area contributed by atoms with E-state index in [1.807, 2.05) is 42.7 Å². The summed E-state index contributed by atoms with van der Waals surface area (Å²) in [4.78, 5) is 19.0. The van der Waals surface area contributed by atoms with Crippen LogP contribution in [0.3, 0.4) is 0 Å². The second-order valence-corrected chi connectivity index (χ2v) is 7.37. The van der Waals surface area contributed by atoms with E-state index in [1.54, 1.807) is 0 Å². The molecule has 27 heavy (non-hydrogen) atoms. The van der Waals surface area contributed by atoms with Crippen LogP contribution in [0, 0.1) is 5.92 Å². The topological polar surface area (TPSA) is 50.2 Å². The monoisotopic (exact) mass is 362 g/mol. The molecule has 0 saturated carbocycles. The van der Waals surface area contributed by atoms with Gasteiger partial charge >= 0.3 is 0 Å². The molecule has 5 nitrogen and oxygen atoms in total. The molecule has 4 rings (SSSR count). The van der Waals surface area contributed by atoms with Gasteiger partial charge in [-0.2, -0.15) is 0 Å². The first kappa shape index (κ1) is 17.7. The average Bonchev–Trinajstić information content (AvgIpc) is 3.12. The Morgan fingerprint density at radius 1 is 1.04 bits per heavy atom. The third-order valence-electron chi connectivity index (χ3n) is 5.39. The lowest BCUT2D eigenvalue weighted by Gasteiger charge is -2.31. The second kappa shape index (κ2) is 8.35. The predicted molar refractivity (Wildman–Crippen MR) is 107 cm³/mol. The fourth-order valence-electron chi connectivity index (χ4n) is 3.82.